The van der Waals surface area contributed by atoms with Gasteiger partial charge in [0.25, 0.3) is 10.0 Å². The zero-order valence-electron chi connectivity index (χ0n) is 10.1. The summed E-state index contributed by atoms with van der Waals surface area (Å²) in [5, 5.41) is 0.328. The van der Waals surface area contributed by atoms with Crippen molar-refractivity contribution in [1.82, 2.24) is 0 Å². The van der Waals surface area contributed by atoms with Crippen molar-refractivity contribution < 1.29 is 13.2 Å². The minimum Gasteiger partial charge on any atom is -0.495 e. The molecular weight excluding hydrogens is 286 g/mol. The molecular formula is C13H12ClNO3S. The smallest absolute Gasteiger partial charge is 0.265 e. The van der Waals surface area contributed by atoms with Crippen LogP contribution in [0.3, 0.4) is 0 Å². The lowest BCUT2D eigenvalue weighted by atomic mass is 10.3. The number of halogens is 1. The number of sulfonamides is 1. The second-order valence-corrected chi connectivity index (χ2v) is 5.85. The van der Waals surface area contributed by atoms with E-state index in [1.54, 1.807) is 36.4 Å². The molecule has 2 rings (SSSR count). The third-order valence-corrected chi connectivity index (χ3v) is 4.08. The summed E-state index contributed by atoms with van der Waals surface area (Å²) in [5.74, 6) is 0.243. The second kappa shape index (κ2) is 5.50. The van der Waals surface area contributed by atoms with E-state index >= 15 is 0 Å². The zero-order valence-corrected chi connectivity index (χ0v) is 11.7. The van der Waals surface area contributed by atoms with Gasteiger partial charge in [-0.2, -0.15) is 0 Å². The highest BCUT2D eigenvalue weighted by Gasteiger charge is 2.20. The highest BCUT2D eigenvalue weighted by molar-refractivity contribution is 7.92. The van der Waals surface area contributed by atoms with E-state index in [0.717, 1.165) is 0 Å². The van der Waals surface area contributed by atoms with Crippen LogP contribution in [0.25, 0.3) is 0 Å². The average molecular weight is 298 g/mol. The average Bonchev–Trinajstić information content (AvgIpc) is 2.39. The number of anilines is 1. The molecule has 0 atom stereocenters. The Morgan fingerprint density at radius 2 is 1.79 bits per heavy atom. The molecule has 1 N–H and O–H groups in total. The summed E-state index contributed by atoms with van der Waals surface area (Å²) < 4.78 is 32.1. The van der Waals surface area contributed by atoms with Gasteiger partial charge < -0.3 is 4.74 Å². The molecule has 0 unspecified atom stereocenters. The maximum atomic E-state index is 12.3. The van der Waals surface area contributed by atoms with E-state index in [-0.39, 0.29) is 10.6 Å². The largest absolute Gasteiger partial charge is 0.495 e. The van der Waals surface area contributed by atoms with Gasteiger partial charge in [0, 0.05) is 10.7 Å². The lowest BCUT2D eigenvalue weighted by Gasteiger charge is -2.11. The van der Waals surface area contributed by atoms with Gasteiger partial charge in [-0.1, -0.05) is 29.8 Å². The Morgan fingerprint density at radius 1 is 1.11 bits per heavy atom. The number of para-hydroxylation sites is 1. The van der Waals surface area contributed by atoms with E-state index in [1.807, 2.05) is 0 Å². The number of methoxy groups -OCH3 is 1. The standard InChI is InChI=1S/C13H12ClNO3S/c1-18-12-8-7-10(14)9-13(12)19(16,17)15-11-5-3-2-4-6-11/h2-9,15H,1H3. The zero-order chi connectivity index (χ0) is 13.9. The predicted octanol–water partition coefficient (Wildman–Crippen LogP) is 3.15. The number of rotatable bonds is 4. The van der Waals surface area contributed by atoms with Crippen molar-refractivity contribution in [3.05, 3.63) is 53.6 Å². The van der Waals surface area contributed by atoms with Crippen molar-refractivity contribution in [2.24, 2.45) is 0 Å². The van der Waals surface area contributed by atoms with Gasteiger partial charge in [0.1, 0.15) is 10.6 Å². The normalized spacial score (nSPS) is 11.1. The van der Waals surface area contributed by atoms with Crippen LogP contribution in [0, 0.1) is 0 Å². The molecule has 0 fully saturated rings. The fraction of sp³-hybridized carbons (Fsp3) is 0.0769. The van der Waals surface area contributed by atoms with Crippen LogP contribution >= 0.6 is 11.6 Å². The van der Waals surface area contributed by atoms with E-state index in [0.29, 0.717) is 10.7 Å². The maximum absolute atomic E-state index is 12.3. The quantitative estimate of drug-likeness (QED) is 0.943. The lowest BCUT2D eigenvalue weighted by Crippen LogP contribution is -2.14. The molecule has 100 valence electrons. The topological polar surface area (TPSA) is 55.4 Å². The van der Waals surface area contributed by atoms with Crippen LogP contribution in [0.4, 0.5) is 5.69 Å². The molecule has 0 bridgehead atoms. The van der Waals surface area contributed by atoms with Crippen LogP contribution in [0.1, 0.15) is 0 Å². The van der Waals surface area contributed by atoms with Crippen molar-refractivity contribution >= 4 is 27.3 Å². The summed E-state index contributed by atoms with van der Waals surface area (Å²) in [7, 11) is -2.33. The second-order valence-electron chi connectivity index (χ2n) is 3.77. The number of benzene rings is 2. The Hall–Kier alpha value is -1.72. The van der Waals surface area contributed by atoms with Gasteiger partial charge in [0.05, 0.1) is 7.11 Å². The third kappa shape index (κ3) is 3.19. The number of hydrogen-bond acceptors (Lipinski definition) is 3. The van der Waals surface area contributed by atoms with Crippen molar-refractivity contribution in [3.8, 4) is 5.75 Å². The van der Waals surface area contributed by atoms with Crippen LogP contribution in [0.2, 0.25) is 5.02 Å². The summed E-state index contributed by atoms with van der Waals surface area (Å²) in [4.78, 5) is 0.00588. The van der Waals surface area contributed by atoms with Gasteiger partial charge in [-0.05, 0) is 30.3 Å². The SMILES string of the molecule is COc1ccc(Cl)cc1S(=O)(=O)Nc1ccccc1. The van der Waals surface area contributed by atoms with Crippen LogP contribution in [0.5, 0.6) is 5.75 Å². The monoisotopic (exact) mass is 297 g/mol. The molecule has 2 aromatic rings. The van der Waals surface area contributed by atoms with Gasteiger partial charge in [0.2, 0.25) is 0 Å². The van der Waals surface area contributed by atoms with Crippen molar-refractivity contribution in [3.63, 3.8) is 0 Å². The third-order valence-electron chi connectivity index (χ3n) is 2.44. The first-order valence-electron chi connectivity index (χ1n) is 5.44. The molecule has 0 aliphatic heterocycles. The minimum absolute atomic E-state index is 0.00588. The van der Waals surface area contributed by atoms with Crippen molar-refractivity contribution in [1.29, 1.82) is 0 Å². The molecule has 2 aromatic carbocycles. The molecule has 19 heavy (non-hydrogen) atoms. The van der Waals surface area contributed by atoms with E-state index in [2.05, 4.69) is 4.72 Å². The van der Waals surface area contributed by atoms with Gasteiger partial charge in [-0.15, -0.1) is 0 Å². The van der Waals surface area contributed by atoms with E-state index in [1.165, 1.54) is 19.2 Å². The molecule has 0 aliphatic carbocycles. The number of ether oxygens (including phenoxy) is 1. The Labute approximate surface area is 117 Å². The van der Waals surface area contributed by atoms with Gasteiger partial charge in [0.15, 0.2) is 0 Å². The van der Waals surface area contributed by atoms with E-state index < -0.39 is 10.0 Å². The fourth-order valence-electron chi connectivity index (χ4n) is 1.58. The van der Waals surface area contributed by atoms with E-state index in [4.69, 9.17) is 16.3 Å². The molecule has 4 nitrogen and oxygen atoms in total. The number of nitrogens with one attached hydrogen (secondary N) is 1. The Balaban J connectivity index is 2.42. The molecule has 0 saturated heterocycles. The summed E-state index contributed by atoms with van der Waals surface area (Å²) in [6.07, 6.45) is 0. The van der Waals surface area contributed by atoms with Gasteiger partial charge >= 0.3 is 0 Å². The molecule has 0 amide bonds. The summed E-state index contributed by atoms with van der Waals surface area (Å²) in [6, 6.07) is 13.1. The fourth-order valence-corrected chi connectivity index (χ4v) is 3.07. The van der Waals surface area contributed by atoms with Crippen LogP contribution in [0.15, 0.2) is 53.4 Å². The van der Waals surface area contributed by atoms with Crippen LogP contribution in [-0.2, 0) is 10.0 Å². The first-order valence-corrected chi connectivity index (χ1v) is 7.30. The van der Waals surface area contributed by atoms with Crippen LogP contribution < -0.4 is 9.46 Å². The van der Waals surface area contributed by atoms with Crippen molar-refractivity contribution in [2.75, 3.05) is 11.8 Å². The molecule has 0 saturated carbocycles. The van der Waals surface area contributed by atoms with Gasteiger partial charge in [-0.25, -0.2) is 8.42 Å². The lowest BCUT2D eigenvalue weighted by molar-refractivity contribution is 0.403. The maximum Gasteiger partial charge on any atom is 0.265 e. The predicted molar refractivity (Wildman–Crippen MR) is 75.3 cm³/mol. The van der Waals surface area contributed by atoms with E-state index in [9.17, 15) is 8.42 Å². The molecule has 0 spiro atoms. The highest BCUT2D eigenvalue weighted by atomic mass is 35.5. The Morgan fingerprint density at radius 3 is 2.42 bits per heavy atom. The van der Waals surface area contributed by atoms with Crippen LogP contribution in [-0.4, -0.2) is 15.5 Å². The summed E-state index contributed by atoms with van der Waals surface area (Å²) in [6.45, 7) is 0. The Kier molecular flexibility index (Phi) is 3.97. The first-order chi connectivity index (χ1) is 9.03. The molecule has 0 aromatic heterocycles. The Bertz CT molecular complexity index is 672. The first kappa shape index (κ1) is 13.7. The summed E-state index contributed by atoms with van der Waals surface area (Å²) >= 11 is 5.84. The summed E-state index contributed by atoms with van der Waals surface area (Å²) in [5.41, 5.74) is 0.476. The molecule has 0 aliphatic rings. The number of hydrogen-bond donors (Lipinski definition) is 1. The molecule has 0 heterocycles. The molecule has 6 heteroatoms. The highest BCUT2D eigenvalue weighted by Crippen LogP contribution is 2.28. The van der Waals surface area contributed by atoms with Crippen molar-refractivity contribution in [2.45, 2.75) is 4.90 Å². The van der Waals surface area contributed by atoms with Gasteiger partial charge in [-0.3, -0.25) is 4.72 Å². The minimum atomic E-state index is -3.74. The molecule has 0 radical (unpaired) electrons.